The van der Waals surface area contributed by atoms with Crippen LogP contribution in [0.15, 0.2) is 0 Å². The molecule has 6 N–H and O–H groups in total. The Kier molecular flexibility index (Phi) is 4.53. The molecular weight excluding hydrogens is 199 g/mol. The zero-order valence-corrected chi connectivity index (χ0v) is 8.47. The van der Waals surface area contributed by atoms with E-state index in [0.29, 0.717) is 19.4 Å². The zero-order valence-electron chi connectivity index (χ0n) is 8.47. The van der Waals surface area contributed by atoms with Gasteiger partial charge in [-0.05, 0) is 12.7 Å². The lowest BCUT2D eigenvalue weighted by Crippen LogP contribution is -2.37. The highest BCUT2D eigenvalue weighted by Crippen LogP contribution is 2.21. The van der Waals surface area contributed by atoms with Crippen LogP contribution >= 0.6 is 0 Å². The Bertz CT molecular complexity index is 227. The van der Waals surface area contributed by atoms with Crippen LogP contribution in [0.25, 0.3) is 0 Å². The summed E-state index contributed by atoms with van der Waals surface area (Å²) in [5.41, 5.74) is 5.77. The van der Waals surface area contributed by atoms with Gasteiger partial charge in [0.1, 0.15) is 6.04 Å². The fourth-order valence-electron chi connectivity index (χ4n) is 2.00. The number of carbonyl (C=O) groups is 1. The highest BCUT2D eigenvalue weighted by atomic mass is 16.4. The standard InChI is InChI=1S/C8H17BN2O4/c10-6-4-11-7(8(12)13)5(6)2-1-3-9(14)15/h5-7,11,14-15H,1-4,10H2,(H,12,13)/t5?,6?,7-/m0/s1. The quantitative estimate of drug-likeness (QED) is 0.347. The minimum absolute atomic E-state index is 0.124. The number of rotatable bonds is 5. The van der Waals surface area contributed by atoms with Gasteiger partial charge in [-0.25, -0.2) is 0 Å². The van der Waals surface area contributed by atoms with Crippen LogP contribution in [0.3, 0.4) is 0 Å². The lowest BCUT2D eigenvalue weighted by molar-refractivity contribution is -0.140. The molecule has 0 radical (unpaired) electrons. The monoisotopic (exact) mass is 216 g/mol. The molecular formula is C8H17BN2O4. The maximum atomic E-state index is 10.8. The second-order valence-electron chi connectivity index (χ2n) is 3.96. The van der Waals surface area contributed by atoms with Gasteiger partial charge in [0, 0.05) is 18.5 Å². The number of carboxylic acids is 1. The van der Waals surface area contributed by atoms with Crippen molar-refractivity contribution in [2.75, 3.05) is 6.54 Å². The molecule has 1 fully saturated rings. The molecule has 7 heteroatoms. The fraction of sp³-hybridized carbons (Fsp3) is 0.875. The number of hydrogen-bond acceptors (Lipinski definition) is 5. The predicted molar refractivity (Wildman–Crippen MR) is 55.1 cm³/mol. The van der Waals surface area contributed by atoms with E-state index in [4.69, 9.17) is 20.9 Å². The van der Waals surface area contributed by atoms with Crippen LogP contribution in [0.4, 0.5) is 0 Å². The average Bonchev–Trinajstić information content (AvgIpc) is 2.47. The molecule has 1 aliphatic rings. The Hall–Kier alpha value is -0.625. The third-order valence-corrected chi connectivity index (χ3v) is 2.82. The molecule has 0 bridgehead atoms. The average molecular weight is 216 g/mol. The molecule has 3 atom stereocenters. The first kappa shape index (κ1) is 12.4. The summed E-state index contributed by atoms with van der Waals surface area (Å²) in [4.78, 5) is 10.8. The molecule has 15 heavy (non-hydrogen) atoms. The van der Waals surface area contributed by atoms with Gasteiger partial charge in [-0.2, -0.15) is 0 Å². The van der Waals surface area contributed by atoms with Gasteiger partial charge in [-0.15, -0.1) is 0 Å². The molecule has 0 aromatic heterocycles. The van der Waals surface area contributed by atoms with Crippen LogP contribution in [0.5, 0.6) is 0 Å². The highest BCUT2D eigenvalue weighted by Gasteiger charge is 2.37. The summed E-state index contributed by atoms with van der Waals surface area (Å²) in [5.74, 6) is -1.02. The van der Waals surface area contributed by atoms with Crippen molar-refractivity contribution in [2.45, 2.75) is 31.2 Å². The lowest BCUT2D eigenvalue weighted by Gasteiger charge is -2.18. The van der Waals surface area contributed by atoms with E-state index < -0.39 is 19.1 Å². The van der Waals surface area contributed by atoms with Crippen molar-refractivity contribution in [1.29, 1.82) is 0 Å². The topological polar surface area (TPSA) is 116 Å². The molecule has 0 aromatic rings. The van der Waals surface area contributed by atoms with Gasteiger partial charge in [-0.3, -0.25) is 4.79 Å². The number of nitrogens with one attached hydrogen (secondary N) is 1. The maximum absolute atomic E-state index is 10.8. The van der Waals surface area contributed by atoms with E-state index in [2.05, 4.69) is 5.32 Å². The zero-order chi connectivity index (χ0) is 11.4. The molecule has 2 unspecified atom stereocenters. The molecule has 0 aliphatic carbocycles. The summed E-state index contributed by atoms with van der Waals surface area (Å²) < 4.78 is 0. The number of carboxylic acid groups (broad SMARTS) is 1. The summed E-state index contributed by atoms with van der Waals surface area (Å²) in [6.45, 7) is 0.503. The number of hydrogen-bond donors (Lipinski definition) is 5. The second-order valence-corrected chi connectivity index (χ2v) is 3.96. The first-order chi connectivity index (χ1) is 7.02. The Morgan fingerprint density at radius 1 is 1.53 bits per heavy atom. The van der Waals surface area contributed by atoms with Gasteiger partial charge >= 0.3 is 13.1 Å². The SMILES string of the molecule is NC1CN[C@H](C(=O)O)C1CCCB(O)O. The molecule has 1 aliphatic heterocycles. The highest BCUT2D eigenvalue weighted by molar-refractivity contribution is 6.40. The molecule has 0 aromatic carbocycles. The summed E-state index contributed by atoms with van der Waals surface area (Å²) in [6.07, 6.45) is 1.43. The Labute approximate surface area is 88.6 Å². The first-order valence-electron chi connectivity index (χ1n) is 5.10. The summed E-state index contributed by atoms with van der Waals surface area (Å²) in [7, 11) is -1.32. The molecule has 1 rings (SSSR count). The van der Waals surface area contributed by atoms with Crippen molar-refractivity contribution in [2.24, 2.45) is 11.7 Å². The van der Waals surface area contributed by atoms with Crippen LogP contribution in [0.1, 0.15) is 12.8 Å². The molecule has 0 saturated carbocycles. The molecule has 6 nitrogen and oxygen atoms in total. The van der Waals surface area contributed by atoms with Gasteiger partial charge in [-0.1, -0.05) is 6.42 Å². The normalized spacial score (nSPS) is 30.5. The minimum atomic E-state index is -1.32. The van der Waals surface area contributed by atoms with Gasteiger partial charge in [0.15, 0.2) is 0 Å². The Balaban J connectivity index is 2.39. The molecule has 1 heterocycles. The van der Waals surface area contributed by atoms with E-state index in [0.717, 1.165) is 0 Å². The van der Waals surface area contributed by atoms with E-state index in [1.807, 2.05) is 0 Å². The van der Waals surface area contributed by atoms with Crippen molar-refractivity contribution in [1.82, 2.24) is 5.32 Å². The number of nitrogens with two attached hydrogens (primary N) is 1. The van der Waals surface area contributed by atoms with Crippen molar-refractivity contribution in [3.05, 3.63) is 0 Å². The second kappa shape index (κ2) is 5.46. The Morgan fingerprint density at radius 2 is 2.20 bits per heavy atom. The third kappa shape index (κ3) is 3.46. The van der Waals surface area contributed by atoms with E-state index in [9.17, 15) is 4.79 Å². The van der Waals surface area contributed by atoms with Gasteiger partial charge in [0.25, 0.3) is 0 Å². The van der Waals surface area contributed by atoms with Crippen LogP contribution in [0, 0.1) is 5.92 Å². The smallest absolute Gasteiger partial charge is 0.451 e. The van der Waals surface area contributed by atoms with Gasteiger partial charge in [0.2, 0.25) is 0 Å². The Morgan fingerprint density at radius 3 is 2.73 bits per heavy atom. The fourth-order valence-corrected chi connectivity index (χ4v) is 2.00. The summed E-state index contributed by atoms with van der Waals surface area (Å²) in [6, 6.07) is -0.766. The number of aliphatic carboxylic acids is 1. The molecule has 86 valence electrons. The van der Waals surface area contributed by atoms with Crippen molar-refractivity contribution < 1.29 is 19.9 Å². The van der Waals surface area contributed by atoms with Crippen molar-refractivity contribution in [3.63, 3.8) is 0 Å². The van der Waals surface area contributed by atoms with Crippen LogP contribution < -0.4 is 11.1 Å². The lowest BCUT2D eigenvalue weighted by atomic mass is 9.80. The summed E-state index contributed by atoms with van der Waals surface area (Å²) >= 11 is 0. The predicted octanol–water partition coefficient (Wildman–Crippen LogP) is -1.76. The van der Waals surface area contributed by atoms with E-state index in [1.54, 1.807) is 0 Å². The first-order valence-corrected chi connectivity index (χ1v) is 5.10. The van der Waals surface area contributed by atoms with Crippen LogP contribution in [-0.2, 0) is 4.79 Å². The third-order valence-electron chi connectivity index (χ3n) is 2.82. The largest absolute Gasteiger partial charge is 0.480 e. The molecule has 0 amide bonds. The summed E-state index contributed by atoms with van der Waals surface area (Å²) in [5, 5.41) is 29.1. The van der Waals surface area contributed by atoms with E-state index in [-0.39, 0.29) is 18.3 Å². The van der Waals surface area contributed by atoms with Crippen LogP contribution in [-0.4, -0.2) is 46.9 Å². The molecule has 1 saturated heterocycles. The van der Waals surface area contributed by atoms with E-state index in [1.165, 1.54) is 0 Å². The van der Waals surface area contributed by atoms with Crippen molar-refractivity contribution >= 4 is 13.1 Å². The van der Waals surface area contributed by atoms with E-state index >= 15 is 0 Å². The van der Waals surface area contributed by atoms with Gasteiger partial charge < -0.3 is 26.2 Å². The van der Waals surface area contributed by atoms with Crippen molar-refractivity contribution in [3.8, 4) is 0 Å². The van der Waals surface area contributed by atoms with Gasteiger partial charge in [0.05, 0.1) is 0 Å². The minimum Gasteiger partial charge on any atom is -0.480 e. The molecule has 0 spiro atoms. The van der Waals surface area contributed by atoms with Crippen LogP contribution in [0.2, 0.25) is 6.32 Å². The maximum Gasteiger partial charge on any atom is 0.451 e.